The molecule has 4 nitrogen and oxygen atoms in total. The molecule has 0 N–H and O–H groups in total. The summed E-state index contributed by atoms with van der Waals surface area (Å²) < 4.78 is 15.0. The molecular formula is C38H24N2O2. The molecule has 3 aromatic heterocycles. The Hall–Kier alpha value is -5.61. The van der Waals surface area contributed by atoms with Gasteiger partial charge in [0.15, 0.2) is 0 Å². The van der Waals surface area contributed by atoms with Crippen LogP contribution in [0.25, 0.3) is 88.6 Å². The second-order valence-electron chi connectivity index (χ2n) is 10.8. The number of nitrogens with zero attached hydrogens (tertiary/aromatic N) is 2. The van der Waals surface area contributed by atoms with Crippen molar-refractivity contribution in [2.45, 2.75) is 0 Å². The van der Waals surface area contributed by atoms with E-state index >= 15 is 0 Å². The first-order valence-electron chi connectivity index (χ1n) is 14.1. The first kappa shape index (κ1) is 23.1. The van der Waals surface area contributed by atoms with Crippen molar-refractivity contribution in [1.82, 2.24) is 9.55 Å². The molecule has 0 radical (unpaired) electrons. The van der Waals surface area contributed by atoms with Gasteiger partial charge in [0.1, 0.15) is 28.2 Å². The van der Waals surface area contributed by atoms with Gasteiger partial charge >= 0.3 is 0 Å². The number of aromatic nitrogens is 2. The highest BCUT2D eigenvalue weighted by molar-refractivity contribution is 6.25. The molecule has 0 aliphatic rings. The number of furan rings is 2. The van der Waals surface area contributed by atoms with Crippen molar-refractivity contribution in [1.29, 1.82) is 0 Å². The third-order valence-electron chi connectivity index (χ3n) is 8.43. The van der Waals surface area contributed by atoms with Gasteiger partial charge in [-0.1, -0.05) is 97.1 Å². The number of hydrogen-bond donors (Lipinski definition) is 0. The monoisotopic (exact) mass is 540 g/mol. The minimum Gasteiger partial charge on any atom is -0.455 e. The summed E-state index contributed by atoms with van der Waals surface area (Å²) in [6.07, 6.45) is 0. The van der Waals surface area contributed by atoms with Gasteiger partial charge in [0, 0.05) is 34.3 Å². The fraction of sp³-hybridized carbons (Fsp3) is 0.0263. The van der Waals surface area contributed by atoms with Gasteiger partial charge in [0.05, 0.1) is 16.4 Å². The van der Waals surface area contributed by atoms with Crippen molar-refractivity contribution in [2.24, 2.45) is 7.05 Å². The summed E-state index contributed by atoms with van der Waals surface area (Å²) in [5, 5.41) is 4.29. The van der Waals surface area contributed by atoms with Crippen molar-refractivity contribution in [2.75, 3.05) is 0 Å². The van der Waals surface area contributed by atoms with E-state index in [1.54, 1.807) is 0 Å². The lowest BCUT2D eigenvalue weighted by atomic mass is 9.96. The Bertz CT molecular complexity index is 2460. The summed E-state index contributed by atoms with van der Waals surface area (Å²) in [6.45, 7) is 0. The second kappa shape index (κ2) is 8.69. The Labute approximate surface area is 241 Å². The summed E-state index contributed by atoms with van der Waals surface area (Å²) in [4.78, 5) is 4.98. The first-order chi connectivity index (χ1) is 20.7. The molecule has 0 unspecified atom stereocenters. The average Bonchev–Trinajstić information content (AvgIpc) is 3.72. The Balaban J connectivity index is 1.19. The highest BCUT2D eigenvalue weighted by atomic mass is 16.3. The van der Waals surface area contributed by atoms with Gasteiger partial charge < -0.3 is 13.4 Å². The van der Waals surface area contributed by atoms with Crippen molar-refractivity contribution < 1.29 is 8.83 Å². The molecule has 3 heterocycles. The molecule has 9 aromatic rings. The maximum absolute atomic E-state index is 6.48. The molecule has 9 rings (SSSR count). The SMILES string of the molecule is Cn1c(-c2ccccc2)nc2cc(-c3ccc(-c4cc5c6ccccc6oc5c5c4oc4ccccc45)cc3)ccc21. The van der Waals surface area contributed by atoms with E-state index in [-0.39, 0.29) is 0 Å². The quantitative estimate of drug-likeness (QED) is 0.224. The maximum atomic E-state index is 6.48. The zero-order valence-electron chi connectivity index (χ0n) is 22.8. The van der Waals surface area contributed by atoms with Crippen molar-refractivity contribution in [3.63, 3.8) is 0 Å². The number of imidazole rings is 1. The predicted molar refractivity (Wildman–Crippen MR) is 172 cm³/mol. The van der Waals surface area contributed by atoms with Crippen LogP contribution >= 0.6 is 0 Å². The van der Waals surface area contributed by atoms with Crippen LogP contribution in [0.3, 0.4) is 0 Å². The molecule has 0 bridgehead atoms. The smallest absolute Gasteiger partial charge is 0.147 e. The normalized spacial score (nSPS) is 11.9. The molecule has 0 saturated heterocycles. The lowest BCUT2D eigenvalue weighted by Crippen LogP contribution is -1.91. The van der Waals surface area contributed by atoms with Crippen LogP contribution in [0.15, 0.2) is 136 Å². The molecule has 42 heavy (non-hydrogen) atoms. The topological polar surface area (TPSA) is 44.1 Å². The van der Waals surface area contributed by atoms with Crippen LogP contribution in [0.1, 0.15) is 0 Å². The largest absolute Gasteiger partial charge is 0.455 e. The zero-order valence-corrected chi connectivity index (χ0v) is 22.8. The van der Waals surface area contributed by atoms with Crippen molar-refractivity contribution in [3.05, 3.63) is 127 Å². The van der Waals surface area contributed by atoms with Crippen LogP contribution < -0.4 is 0 Å². The van der Waals surface area contributed by atoms with E-state index in [2.05, 4.69) is 96.5 Å². The molecule has 4 heteroatoms. The van der Waals surface area contributed by atoms with Gasteiger partial charge in [-0.25, -0.2) is 4.98 Å². The number of rotatable bonds is 3. The van der Waals surface area contributed by atoms with Crippen LogP contribution in [0, 0.1) is 0 Å². The van der Waals surface area contributed by atoms with E-state index in [1.807, 2.05) is 42.5 Å². The molecule has 0 atom stereocenters. The van der Waals surface area contributed by atoms with E-state index in [0.717, 1.165) is 88.6 Å². The van der Waals surface area contributed by atoms with Crippen LogP contribution in [-0.2, 0) is 7.05 Å². The van der Waals surface area contributed by atoms with E-state index in [9.17, 15) is 0 Å². The molecule has 0 spiro atoms. The Morgan fingerprint density at radius 1 is 0.524 bits per heavy atom. The van der Waals surface area contributed by atoms with Crippen LogP contribution in [0.2, 0.25) is 0 Å². The summed E-state index contributed by atoms with van der Waals surface area (Å²) in [6, 6.07) is 44.2. The molecule has 0 aliphatic heterocycles. The predicted octanol–water partition coefficient (Wildman–Crippen LogP) is 10.4. The van der Waals surface area contributed by atoms with Gasteiger partial charge in [0.2, 0.25) is 0 Å². The molecule has 0 fully saturated rings. The summed E-state index contributed by atoms with van der Waals surface area (Å²) >= 11 is 0. The highest BCUT2D eigenvalue weighted by Gasteiger charge is 2.20. The van der Waals surface area contributed by atoms with Gasteiger partial charge in [-0.15, -0.1) is 0 Å². The minimum atomic E-state index is 0.846. The number of aryl methyl sites for hydroxylation is 1. The Morgan fingerprint density at radius 2 is 1.17 bits per heavy atom. The number of para-hydroxylation sites is 2. The standard InChI is InChI=1S/C38H24N2O2/c1-40-32-20-19-26(21-31(32)39-38(40)25-9-3-2-4-10-25)23-15-17-24(18-16-23)29-22-30-27-11-5-7-13-33(27)41-37(30)35-28-12-6-8-14-34(28)42-36(29)35/h2-22H,1H3. The van der Waals surface area contributed by atoms with E-state index < -0.39 is 0 Å². The summed E-state index contributed by atoms with van der Waals surface area (Å²) in [5.41, 5.74) is 11.1. The third kappa shape index (κ3) is 3.32. The van der Waals surface area contributed by atoms with Crippen molar-refractivity contribution >= 4 is 54.9 Å². The van der Waals surface area contributed by atoms with Gasteiger partial charge in [-0.05, 0) is 47.0 Å². The zero-order chi connectivity index (χ0) is 27.8. The lowest BCUT2D eigenvalue weighted by molar-refractivity contribution is 0.663. The fourth-order valence-corrected chi connectivity index (χ4v) is 6.35. The molecule has 0 amide bonds. The lowest BCUT2D eigenvalue weighted by Gasteiger charge is -2.07. The number of benzene rings is 6. The average molecular weight is 541 g/mol. The second-order valence-corrected chi connectivity index (χ2v) is 10.8. The number of fused-ring (bicyclic) bond motifs is 8. The Morgan fingerprint density at radius 3 is 1.98 bits per heavy atom. The fourth-order valence-electron chi connectivity index (χ4n) is 6.35. The minimum absolute atomic E-state index is 0.846. The van der Waals surface area contributed by atoms with Gasteiger partial charge in [-0.2, -0.15) is 0 Å². The van der Waals surface area contributed by atoms with Crippen LogP contribution in [-0.4, -0.2) is 9.55 Å². The molecule has 6 aromatic carbocycles. The molecule has 198 valence electrons. The van der Waals surface area contributed by atoms with Crippen molar-refractivity contribution in [3.8, 4) is 33.6 Å². The number of hydrogen-bond acceptors (Lipinski definition) is 3. The molecule has 0 saturated carbocycles. The van der Waals surface area contributed by atoms with Gasteiger partial charge in [-0.3, -0.25) is 0 Å². The maximum Gasteiger partial charge on any atom is 0.147 e. The van der Waals surface area contributed by atoms with Crippen LogP contribution in [0.5, 0.6) is 0 Å². The van der Waals surface area contributed by atoms with E-state index in [4.69, 9.17) is 13.8 Å². The molecular weight excluding hydrogens is 516 g/mol. The Kier molecular flexibility index (Phi) is 4.79. The summed E-state index contributed by atoms with van der Waals surface area (Å²) in [5.74, 6) is 0.968. The molecule has 0 aliphatic carbocycles. The van der Waals surface area contributed by atoms with Crippen LogP contribution in [0.4, 0.5) is 0 Å². The highest BCUT2D eigenvalue weighted by Crippen LogP contribution is 2.44. The third-order valence-corrected chi connectivity index (χ3v) is 8.43. The van der Waals surface area contributed by atoms with E-state index in [0.29, 0.717) is 0 Å². The summed E-state index contributed by atoms with van der Waals surface area (Å²) in [7, 11) is 2.07. The van der Waals surface area contributed by atoms with Gasteiger partial charge in [0.25, 0.3) is 0 Å². The van der Waals surface area contributed by atoms with E-state index in [1.165, 1.54) is 0 Å². The first-order valence-corrected chi connectivity index (χ1v) is 14.1.